The number of hydrogen-bond acceptors (Lipinski definition) is 4. The molecule has 3 rings (SSSR count). The third kappa shape index (κ3) is 5.44. The summed E-state index contributed by atoms with van der Waals surface area (Å²) < 4.78 is 0. The maximum Gasteiger partial charge on any atom is 0.230 e. The molecule has 27 heavy (non-hydrogen) atoms. The van der Waals surface area contributed by atoms with E-state index >= 15 is 0 Å². The Labute approximate surface area is 171 Å². The van der Waals surface area contributed by atoms with E-state index in [0.717, 1.165) is 0 Å². The van der Waals surface area contributed by atoms with Crippen LogP contribution in [0.3, 0.4) is 0 Å². The second-order valence-corrected chi connectivity index (χ2v) is 6.61. The van der Waals surface area contributed by atoms with Gasteiger partial charge in [-0.05, 0) is 36.4 Å². The number of Topliss-reactive ketones (excluding diaryl/α,β-unsaturated/α-hetero) is 1. The maximum atomic E-state index is 12.9. The number of hydrazone groups is 1. The van der Waals surface area contributed by atoms with Crippen molar-refractivity contribution in [2.45, 2.75) is 0 Å². The lowest BCUT2D eigenvalue weighted by atomic mass is 10.1. The summed E-state index contributed by atoms with van der Waals surface area (Å²) in [6, 6.07) is 18.8. The standard InChI is InChI=1S/C19H13Cl3N4O/c20-13-6-8-14(9-7-13)25-26-19(18(27)12-4-2-1-3-5-12)23-15-10-16(21)24-17(22)11-15/h1-11,25H,(H,23,24,26). The van der Waals surface area contributed by atoms with Crippen molar-refractivity contribution in [1.29, 1.82) is 0 Å². The van der Waals surface area contributed by atoms with Crippen molar-refractivity contribution in [2.24, 2.45) is 5.10 Å². The molecule has 0 spiro atoms. The van der Waals surface area contributed by atoms with E-state index in [1.807, 2.05) is 6.07 Å². The highest BCUT2D eigenvalue weighted by Crippen LogP contribution is 2.19. The molecule has 0 saturated heterocycles. The molecule has 0 fully saturated rings. The predicted molar refractivity (Wildman–Crippen MR) is 111 cm³/mol. The molecule has 0 atom stereocenters. The van der Waals surface area contributed by atoms with Gasteiger partial charge in [0.25, 0.3) is 0 Å². The van der Waals surface area contributed by atoms with Crippen LogP contribution in [0.25, 0.3) is 0 Å². The highest BCUT2D eigenvalue weighted by molar-refractivity contribution is 6.49. The number of hydrogen-bond donors (Lipinski definition) is 2. The number of nitrogens with one attached hydrogen (secondary N) is 2. The molecular weight excluding hydrogens is 407 g/mol. The lowest BCUT2D eigenvalue weighted by Gasteiger charge is -2.11. The fourth-order valence-electron chi connectivity index (χ4n) is 2.18. The fourth-order valence-corrected chi connectivity index (χ4v) is 2.77. The molecule has 1 heterocycles. The molecule has 2 aromatic carbocycles. The zero-order chi connectivity index (χ0) is 19.2. The number of halogens is 3. The van der Waals surface area contributed by atoms with Crippen LogP contribution in [0.2, 0.25) is 15.3 Å². The van der Waals surface area contributed by atoms with Gasteiger partial charge >= 0.3 is 0 Å². The van der Waals surface area contributed by atoms with Gasteiger partial charge in [-0.15, -0.1) is 0 Å². The number of benzene rings is 2. The number of aromatic nitrogens is 1. The van der Waals surface area contributed by atoms with Crippen LogP contribution in [0.1, 0.15) is 10.4 Å². The molecule has 0 amide bonds. The molecule has 0 aliphatic heterocycles. The predicted octanol–water partition coefficient (Wildman–Crippen LogP) is 5.76. The Bertz CT molecular complexity index is 956. The van der Waals surface area contributed by atoms with Crippen LogP contribution < -0.4 is 10.7 Å². The summed E-state index contributed by atoms with van der Waals surface area (Å²) in [6.45, 7) is 0. The Kier molecular flexibility index (Phi) is 6.29. The van der Waals surface area contributed by atoms with Gasteiger partial charge in [0.1, 0.15) is 10.3 Å². The van der Waals surface area contributed by atoms with Crippen molar-refractivity contribution >= 4 is 57.8 Å². The third-order valence-electron chi connectivity index (χ3n) is 3.42. The van der Waals surface area contributed by atoms with Gasteiger partial charge in [0.15, 0.2) is 5.84 Å². The van der Waals surface area contributed by atoms with E-state index in [-0.39, 0.29) is 21.9 Å². The highest BCUT2D eigenvalue weighted by atomic mass is 35.5. The van der Waals surface area contributed by atoms with Crippen molar-refractivity contribution in [3.05, 3.63) is 87.6 Å². The van der Waals surface area contributed by atoms with E-state index in [2.05, 4.69) is 20.8 Å². The monoisotopic (exact) mass is 418 g/mol. The first-order valence-electron chi connectivity index (χ1n) is 7.80. The van der Waals surface area contributed by atoms with Crippen LogP contribution >= 0.6 is 34.8 Å². The summed E-state index contributed by atoms with van der Waals surface area (Å²) >= 11 is 17.7. The van der Waals surface area contributed by atoms with Gasteiger partial charge in [-0.1, -0.05) is 65.1 Å². The number of amidine groups is 1. The van der Waals surface area contributed by atoms with Crippen molar-refractivity contribution in [3.8, 4) is 0 Å². The Balaban J connectivity index is 1.91. The lowest BCUT2D eigenvalue weighted by molar-refractivity contribution is 0.106. The minimum absolute atomic E-state index is 0.0643. The average Bonchev–Trinajstić information content (AvgIpc) is 2.66. The van der Waals surface area contributed by atoms with E-state index in [1.165, 1.54) is 0 Å². The van der Waals surface area contributed by atoms with Crippen LogP contribution in [0.4, 0.5) is 11.4 Å². The summed E-state index contributed by atoms with van der Waals surface area (Å²) in [5, 5.41) is 8.15. The first-order valence-corrected chi connectivity index (χ1v) is 8.94. The molecule has 0 aliphatic rings. The molecule has 0 aliphatic carbocycles. The minimum Gasteiger partial charge on any atom is -0.335 e. The second-order valence-electron chi connectivity index (χ2n) is 5.40. The lowest BCUT2D eigenvalue weighted by Crippen LogP contribution is -2.24. The average molecular weight is 420 g/mol. The van der Waals surface area contributed by atoms with Gasteiger partial charge in [0.2, 0.25) is 5.78 Å². The van der Waals surface area contributed by atoms with Gasteiger partial charge in [-0.3, -0.25) is 10.2 Å². The molecule has 2 N–H and O–H groups in total. The number of pyridine rings is 1. The van der Waals surface area contributed by atoms with Crippen LogP contribution in [0, 0.1) is 0 Å². The molecule has 0 bridgehead atoms. The molecule has 1 aromatic heterocycles. The van der Waals surface area contributed by atoms with E-state index in [1.54, 1.807) is 60.7 Å². The maximum absolute atomic E-state index is 12.9. The molecule has 8 heteroatoms. The summed E-state index contributed by atoms with van der Waals surface area (Å²) in [4.78, 5) is 16.7. The molecule has 5 nitrogen and oxygen atoms in total. The van der Waals surface area contributed by atoms with E-state index in [9.17, 15) is 4.79 Å². The molecule has 136 valence electrons. The third-order valence-corrected chi connectivity index (χ3v) is 4.06. The highest BCUT2D eigenvalue weighted by Gasteiger charge is 2.15. The number of carbonyl (C=O) groups is 1. The van der Waals surface area contributed by atoms with Crippen molar-refractivity contribution in [3.63, 3.8) is 0 Å². The number of anilines is 2. The number of nitrogens with zero attached hydrogens (tertiary/aromatic N) is 2. The number of carbonyl (C=O) groups excluding carboxylic acids is 1. The van der Waals surface area contributed by atoms with Crippen molar-refractivity contribution in [2.75, 3.05) is 10.7 Å². The van der Waals surface area contributed by atoms with Gasteiger partial charge in [-0.2, -0.15) is 5.10 Å². The zero-order valence-corrected chi connectivity index (χ0v) is 16.1. The van der Waals surface area contributed by atoms with Gasteiger partial charge in [0, 0.05) is 16.3 Å². The van der Waals surface area contributed by atoms with E-state index in [0.29, 0.717) is 22.0 Å². The fraction of sp³-hybridized carbons (Fsp3) is 0. The number of ketones is 1. The zero-order valence-electron chi connectivity index (χ0n) is 13.8. The van der Waals surface area contributed by atoms with E-state index in [4.69, 9.17) is 34.8 Å². The van der Waals surface area contributed by atoms with Crippen molar-refractivity contribution < 1.29 is 4.79 Å². The first-order chi connectivity index (χ1) is 13.0. The Morgan fingerprint density at radius 1 is 0.852 bits per heavy atom. The normalized spacial score (nSPS) is 11.1. The SMILES string of the molecule is O=C(/C(=N\Nc1ccc(Cl)cc1)Nc1cc(Cl)nc(Cl)c1)c1ccccc1. The topological polar surface area (TPSA) is 66.4 Å². The molecule has 0 radical (unpaired) electrons. The Hall–Kier alpha value is -2.60. The van der Waals surface area contributed by atoms with Crippen LogP contribution in [0.15, 0.2) is 71.8 Å². The van der Waals surface area contributed by atoms with Crippen LogP contribution in [-0.4, -0.2) is 16.6 Å². The largest absolute Gasteiger partial charge is 0.335 e. The first kappa shape index (κ1) is 19.2. The minimum atomic E-state index is -0.305. The number of rotatable bonds is 5. The van der Waals surface area contributed by atoms with Crippen molar-refractivity contribution in [1.82, 2.24) is 4.98 Å². The second kappa shape index (κ2) is 8.86. The summed E-state index contributed by atoms with van der Waals surface area (Å²) in [6.07, 6.45) is 0. The molecule has 3 aromatic rings. The Morgan fingerprint density at radius 3 is 2.11 bits per heavy atom. The smallest absolute Gasteiger partial charge is 0.230 e. The van der Waals surface area contributed by atoms with E-state index < -0.39 is 0 Å². The van der Waals surface area contributed by atoms with Crippen LogP contribution in [-0.2, 0) is 0 Å². The summed E-state index contributed by atoms with van der Waals surface area (Å²) in [5.74, 6) is -0.240. The van der Waals surface area contributed by atoms with Gasteiger partial charge < -0.3 is 5.32 Å². The Morgan fingerprint density at radius 2 is 1.48 bits per heavy atom. The quantitative estimate of drug-likeness (QED) is 0.181. The summed E-state index contributed by atoms with van der Waals surface area (Å²) in [5.41, 5.74) is 4.47. The molecule has 0 saturated carbocycles. The van der Waals surface area contributed by atoms with Crippen LogP contribution in [0.5, 0.6) is 0 Å². The molecular formula is C19H13Cl3N4O. The summed E-state index contributed by atoms with van der Waals surface area (Å²) in [7, 11) is 0. The van der Waals surface area contributed by atoms with Gasteiger partial charge in [-0.25, -0.2) is 4.98 Å². The van der Waals surface area contributed by atoms with Gasteiger partial charge in [0.05, 0.1) is 5.69 Å². The molecule has 0 unspecified atom stereocenters.